The molecular formula is C12H10ClF3O3. The van der Waals surface area contributed by atoms with Crippen LogP contribution in [0.2, 0.25) is 5.02 Å². The molecule has 0 amide bonds. The van der Waals surface area contributed by atoms with Crippen LogP contribution in [0.3, 0.4) is 0 Å². The van der Waals surface area contributed by atoms with Gasteiger partial charge in [0, 0.05) is 5.56 Å². The molecule has 0 aliphatic heterocycles. The number of aliphatic hydroxyl groups excluding tert-OH is 1. The number of halogens is 4. The zero-order chi connectivity index (χ0) is 14.7. The molecule has 7 heteroatoms. The molecule has 1 aromatic carbocycles. The summed E-state index contributed by atoms with van der Waals surface area (Å²) >= 11 is 5.26. The number of carbonyl (C=O) groups is 1. The van der Waals surface area contributed by atoms with Gasteiger partial charge in [0.2, 0.25) is 0 Å². The Hall–Kier alpha value is -1.69. The summed E-state index contributed by atoms with van der Waals surface area (Å²) < 4.78 is 44.7. The first-order valence-corrected chi connectivity index (χ1v) is 5.59. The highest BCUT2D eigenvalue weighted by Crippen LogP contribution is 2.31. The van der Waals surface area contributed by atoms with Gasteiger partial charge in [-0.15, -0.1) is 0 Å². The number of hydrogen-bond donors (Lipinski definition) is 1. The lowest BCUT2D eigenvalue weighted by Gasteiger charge is -2.10. The average molecular weight is 295 g/mol. The summed E-state index contributed by atoms with van der Waals surface area (Å²) in [4.78, 5) is 11.1. The molecular weight excluding hydrogens is 285 g/mol. The maximum Gasteiger partial charge on any atom is 0.334 e. The average Bonchev–Trinajstić information content (AvgIpc) is 2.34. The van der Waals surface area contributed by atoms with Crippen LogP contribution in [0.1, 0.15) is 18.1 Å². The second-order valence-corrected chi connectivity index (χ2v) is 3.92. The van der Waals surface area contributed by atoms with Crippen LogP contribution >= 0.6 is 11.6 Å². The van der Waals surface area contributed by atoms with Crippen LogP contribution in [-0.2, 0) is 9.53 Å². The molecule has 0 saturated heterocycles. The standard InChI is InChI=1S/C12H10ClF3O3/c1-3-19-7(18)4-6(17)8-5(2)10(14)12(16)9(13)11(8)15/h4,17H,3H2,1-2H3/b6-4-. The van der Waals surface area contributed by atoms with E-state index >= 15 is 0 Å². The minimum atomic E-state index is -1.55. The molecule has 0 spiro atoms. The van der Waals surface area contributed by atoms with Gasteiger partial charge in [-0.05, 0) is 13.8 Å². The quantitative estimate of drug-likeness (QED) is 0.305. The first-order valence-electron chi connectivity index (χ1n) is 5.21. The number of hydrogen-bond acceptors (Lipinski definition) is 3. The molecule has 3 nitrogen and oxygen atoms in total. The predicted molar refractivity (Wildman–Crippen MR) is 63.3 cm³/mol. The Morgan fingerprint density at radius 1 is 1.32 bits per heavy atom. The van der Waals surface area contributed by atoms with E-state index in [-0.39, 0.29) is 6.61 Å². The SMILES string of the molecule is CCOC(=O)/C=C(\O)c1c(C)c(F)c(F)c(Cl)c1F. The van der Waals surface area contributed by atoms with E-state index in [0.29, 0.717) is 6.08 Å². The van der Waals surface area contributed by atoms with Crippen molar-refractivity contribution in [2.75, 3.05) is 6.61 Å². The first kappa shape index (κ1) is 15.4. The van der Waals surface area contributed by atoms with Gasteiger partial charge >= 0.3 is 5.97 Å². The maximum absolute atomic E-state index is 13.7. The summed E-state index contributed by atoms with van der Waals surface area (Å²) in [6.07, 6.45) is 0.558. The zero-order valence-corrected chi connectivity index (χ0v) is 10.8. The van der Waals surface area contributed by atoms with Crippen molar-refractivity contribution in [3.05, 3.63) is 39.7 Å². The van der Waals surface area contributed by atoms with E-state index in [0.717, 1.165) is 6.92 Å². The molecule has 104 valence electrons. The molecule has 0 unspecified atom stereocenters. The Labute approximate surface area is 112 Å². The molecule has 0 fully saturated rings. The molecule has 0 bridgehead atoms. The molecule has 0 heterocycles. The number of aliphatic hydroxyl groups is 1. The van der Waals surface area contributed by atoms with Crippen LogP contribution < -0.4 is 0 Å². The summed E-state index contributed by atoms with van der Waals surface area (Å²) in [7, 11) is 0. The fourth-order valence-corrected chi connectivity index (χ4v) is 1.59. The summed E-state index contributed by atoms with van der Waals surface area (Å²) in [6, 6.07) is 0. The summed E-state index contributed by atoms with van der Waals surface area (Å²) in [5.41, 5.74) is -1.19. The molecule has 0 radical (unpaired) electrons. The van der Waals surface area contributed by atoms with Crippen molar-refractivity contribution in [3.8, 4) is 0 Å². The lowest BCUT2D eigenvalue weighted by molar-refractivity contribution is -0.137. The van der Waals surface area contributed by atoms with Crippen LogP contribution in [0.5, 0.6) is 0 Å². The highest BCUT2D eigenvalue weighted by atomic mass is 35.5. The fourth-order valence-electron chi connectivity index (χ4n) is 1.41. The molecule has 1 rings (SSSR count). The number of rotatable bonds is 3. The molecule has 1 aromatic rings. The Bertz CT molecular complexity index is 527. The number of esters is 1. The smallest absolute Gasteiger partial charge is 0.334 e. The van der Waals surface area contributed by atoms with Crippen LogP contribution in [0, 0.1) is 24.4 Å². The van der Waals surface area contributed by atoms with Gasteiger partial charge in [0.05, 0.1) is 18.2 Å². The van der Waals surface area contributed by atoms with E-state index in [9.17, 15) is 23.1 Å². The Balaban J connectivity index is 3.39. The van der Waals surface area contributed by atoms with Crippen molar-refractivity contribution in [1.82, 2.24) is 0 Å². The van der Waals surface area contributed by atoms with E-state index in [2.05, 4.69) is 4.74 Å². The van der Waals surface area contributed by atoms with Gasteiger partial charge in [0.15, 0.2) is 17.5 Å². The number of ether oxygens (including phenoxy) is 1. The molecule has 0 aliphatic rings. The third-order valence-electron chi connectivity index (χ3n) is 2.30. The minimum Gasteiger partial charge on any atom is -0.507 e. The van der Waals surface area contributed by atoms with Crippen LogP contribution in [0.15, 0.2) is 6.08 Å². The third-order valence-corrected chi connectivity index (χ3v) is 2.63. The third kappa shape index (κ3) is 3.01. The van der Waals surface area contributed by atoms with Gasteiger partial charge in [0.25, 0.3) is 0 Å². The van der Waals surface area contributed by atoms with Crippen LogP contribution in [-0.4, -0.2) is 17.7 Å². The highest BCUT2D eigenvalue weighted by molar-refractivity contribution is 6.31. The van der Waals surface area contributed by atoms with Crippen molar-refractivity contribution < 1.29 is 27.8 Å². The topological polar surface area (TPSA) is 46.5 Å². The van der Waals surface area contributed by atoms with Gasteiger partial charge in [-0.1, -0.05) is 11.6 Å². The Morgan fingerprint density at radius 3 is 2.42 bits per heavy atom. The predicted octanol–water partition coefficient (Wildman–Crippen LogP) is 3.53. The lowest BCUT2D eigenvalue weighted by atomic mass is 10.0. The fraction of sp³-hybridized carbons (Fsp3) is 0.250. The van der Waals surface area contributed by atoms with Crippen molar-refractivity contribution in [2.24, 2.45) is 0 Å². The van der Waals surface area contributed by atoms with Crippen molar-refractivity contribution in [3.63, 3.8) is 0 Å². The molecule has 0 aromatic heterocycles. The monoisotopic (exact) mass is 294 g/mol. The summed E-state index contributed by atoms with van der Waals surface area (Å²) in [5, 5.41) is 8.50. The largest absolute Gasteiger partial charge is 0.507 e. The molecule has 0 aliphatic carbocycles. The van der Waals surface area contributed by atoms with Crippen LogP contribution in [0.25, 0.3) is 5.76 Å². The molecule has 19 heavy (non-hydrogen) atoms. The Kier molecular flexibility index (Phi) is 4.83. The van der Waals surface area contributed by atoms with E-state index in [1.807, 2.05) is 0 Å². The van der Waals surface area contributed by atoms with Crippen molar-refractivity contribution in [2.45, 2.75) is 13.8 Å². The van der Waals surface area contributed by atoms with E-state index in [1.165, 1.54) is 6.92 Å². The van der Waals surface area contributed by atoms with Gasteiger partial charge in [-0.25, -0.2) is 18.0 Å². The van der Waals surface area contributed by atoms with Gasteiger partial charge in [-0.3, -0.25) is 0 Å². The molecule has 0 saturated carbocycles. The second kappa shape index (κ2) is 5.97. The zero-order valence-electron chi connectivity index (χ0n) is 10.1. The summed E-state index contributed by atoms with van der Waals surface area (Å²) in [5.74, 6) is -6.14. The minimum absolute atomic E-state index is 0.0443. The normalized spacial score (nSPS) is 11.6. The molecule has 0 atom stereocenters. The van der Waals surface area contributed by atoms with E-state index < -0.39 is 45.3 Å². The first-order chi connectivity index (χ1) is 8.81. The van der Waals surface area contributed by atoms with Gasteiger partial charge < -0.3 is 9.84 Å². The molecule has 1 N–H and O–H groups in total. The Morgan fingerprint density at radius 2 is 1.89 bits per heavy atom. The summed E-state index contributed by atoms with van der Waals surface area (Å²) in [6.45, 7) is 2.62. The van der Waals surface area contributed by atoms with E-state index in [1.54, 1.807) is 0 Å². The maximum atomic E-state index is 13.7. The van der Waals surface area contributed by atoms with Crippen molar-refractivity contribution >= 4 is 23.3 Å². The number of carbonyl (C=O) groups excluding carboxylic acids is 1. The van der Waals surface area contributed by atoms with Crippen LogP contribution in [0.4, 0.5) is 13.2 Å². The number of benzene rings is 1. The van der Waals surface area contributed by atoms with Gasteiger partial charge in [0.1, 0.15) is 10.8 Å². The highest BCUT2D eigenvalue weighted by Gasteiger charge is 2.24. The van der Waals surface area contributed by atoms with E-state index in [4.69, 9.17) is 11.6 Å². The second-order valence-electron chi connectivity index (χ2n) is 3.54. The van der Waals surface area contributed by atoms with Crippen molar-refractivity contribution in [1.29, 1.82) is 0 Å². The lowest BCUT2D eigenvalue weighted by Crippen LogP contribution is -2.05. The van der Waals surface area contributed by atoms with Gasteiger partial charge in [-0.2, -0.15) is 0 Å².